The number of esters is 1. The molecule has 9 heteroatoms. The van der Waals surface area contributed by atoms with Gasteiger partial charge in [-0.2, -0.15) is 0 Å². The SMILES string of the molecule is CCCN(CC(=O)Nc1ccccc1C)CC1=C(C(=O)OCC)C(c2ccco2)NC(=O)N1. The molecule has 1 aliphatic rings. The molecule has 0 aliphatic carbocycles. The minimum atomic E-state index is -0.785. The highest BCUT2D eigenvalue weighted by Gasteiger charge is 2.35. The van der Waals surface area contributed by atoms with E-state index >= 15 is 0 Å². The molecule has 0 fully saturated rings. The molecule has 3 rings (SSSR count). The summed E-state index contributed by atoms with van der Waals surface area (Å²) >= 11 is 0. The number of urea groups is 1. The van der Waals surface area contributed by atoms with E-state index in [9.17, 15) is 14.4 Å². The van der Waals surface area contributed by atoms with Gasteiger partial charge in [0.1, 0.15) is 11.8 Å². The Bertz CT molecular complexity index is 1020. The number of furan rings is 1. The number of nitrogens with one attached hydrogen (secondary N) is 3. The second-order valence-corrected chi connectivity index (χ2v) is 7.73. The van der Waals surface area contributed by atoms with E-state index in [-0.39, 0.29) is 31.2 Å². The van der Waals surface area contributed by atoms with Crippen molar-refractivity contribution in [2.75, 3.05) is 31.6 Å². The summed E-state index contributed by atoms with van der Waals surface area (Å²) in [5, 5.41) is 8.38. The Morgan fingerprint density at radius 3 is 2.64 bits per heavy atom. The summed E-state index contributed by atoms with van der Waals surface area (Å²) in [6.45, 7) is 6.70. The zero-order valence-corrected chi connectivity index (χ0v) is 19.1. The molecule has 2 heterocycles. The molecule has 3 N–H and O–H groups in total. The first-order chi connectivity index (χ1) is 15.9. The van der Waals surface area contributed by atoms with Crippen molar-refractivity contribution >= 4 is 23.6 Å². The van der Waals surface area contributed by atoms with Gasteiger partial charge in [-0.15, -0.1) is 0 Å². The van der Waals surface area contributed by atoms with Crippen LogP contribution in [0.1, 0.15) is 37.6 Å². The van der Waals surface area contributed by atoms with Crippen molar-refractivity contribution in [3.05, 3.63) is 65.3 Å². The molecule has 0 bridgehead atoms. The molecule has 1 aliphatic heterocycles. The van der Waals surface area contributed by atoms with Crippen molar-refractivity contribution in [2.24, 2.45) is 0 Å². The van der Waals surface area contributed by atoms with Gasteiger partial charge in [-0.3, -0.25) is 9.69 Å². The van der Waals surface area contributed by atoms with Gasteiger partial charge in [0.2, 0.25) is 5.91 Å². The van der Waals surface area contributed by atoms with Crippen LogP contribution in [0.5, 0.6) is 0 Å². The maximum atomic E-state index is 12.9. The lowest BCUT2D eigenvalue weighted by molar-refractivity contribution is -0.139. The summed E-state index contributed by atoms with van der Waals surface area (Å²) in [4.78, 5) is 39.9. The molecular formula is C24H30N4O5. The van der Waals surface area contributed by atoms with Gasteiger partial charge >= 0.3 is 12.0 Å². The lowest BCUT2D eigenvalue weighted by Gasteiger charge is -2.31. The fourth-order valence-electron chi connectivity index (χ4n) is 3.72. The largest absolute Gasteiger partial charge is 0.467 e. The van der Waals surface area contributed by atoms with Gasteiger partial charge in [-0.1, -0.05) is 25.1 Å². The van der Waals surface area contributed by atoms with E-state index in [4.69, 9.17) is 9.15 Å². The summed E-state index contributed by atoms with van der Waals surface area (Å²) < 4.78 is 10.7. The van der Waals surface area contributed by atoms with Crippen LogP contribution in [-0.2, 0) is 14.3 Å². The number of ether oxygens (including phenoxy) is 1. The maximum Gasteiger partial charge on any atom is 0.338 e. The van der Waals surface area contributed by atoms with Crippen LogP contribution in [0.4, 0.5) is 10.5 Å². The third-order valence-electron chi connectivity index (χ3n) is 5.18. The summed E-state index contributed by atoms with van der Waals surface area (Å²) in [7, 11) is 0. The highest BCUT2D eigenvalue weighted by molar-refractivity contribution is 5.95. The van der Waals surface area contributed by atoms with Crippen molar-refractivity contribution < 1.29 is 23.5 Å². The lowest BCUT2D eigenvalue weighted by atomic mass is 9.99. The number of benzene rings is 1. The van der Waals surface area contributed by atoms with Crippen molar-refractivity contribution in [3.63, 3.8) is 0 Å². The number of carbonyl (C=O) groups is 3. The zero-order valence-electron chi connectivity index (χ0n) is 19.1. The van der Waals surface area contributed by atoms with Crippen LogP contribution in [0.15, 0.2) is 58.3 Å². The predicted octanol–water partition coefficient (Wildman–Crippen LogP) is 3.11. The van der Waals surface area contributed by atoms with Crippen LogP contribution >= 0.6 is 0 Å². The molecule has 0 saturated heterocycles. The van der Waals surface area contributed by atoms with Crippen molar-refractivity contribution in [2.45, 2.75) is 33.2 Å². The molecule has 1 aromatic heterocycles. The van der Waals surface area contributed by atoms with Gasteiger partial charge in [-0.25, -0.2) is 9.59 Å². The highest BCUT2D eigenvalue weighted by Crippen LogP contribution is 2.28. The second-order valence-electron chi connectivity index (χ2n) is 7.73. The average Bonchev–Trinajstić information content (AvgIpc) is 3.30. The highest BCUT2D eigenvalue weighted by atomic mass is 16.5. The van der Waals surface area contributed by atoms with Gasteiger partial charge in [0.05, 0.1) is 25.0 Å². The minimum absolute atomic E-state index is 0.0937. The lowest BCUT2D eigenvalue weighted by Crippen LogP contribution is -2.49. The molecule has 1 atom stereocenters. The average molecular weight is 455 g/mol. The molecule has 0 radical (unpaired) electrons. The number of carbonyl (C=O) groups excluding carboxylic acids is 3. The Balaban J connectivity index is 1.85. The Labute approximate surface area is 193 Å². The minimum Gasteiger partial charge on any atom is -0.467 e. The van der Waals surface area contributed by atoms with Crippen LogP contribution in [-0.4, -0.2) is 49.0 Å². The molecule has 2 aromatic rings. The Morgan fingerprint density at radius 2 is 1.97 bits per heavy atom. The van der Waals surface area contributed by atoms with Gasteiger partial charge < -0.3 is 25.1 Å². The van der Waals surface area contributed by atoms with Crippen LogP contribution < -0.4 is 16.0 Å². The standard InChI is InChI=1S/C24H30N4O5/c1-4-12-28(15-20(29)25-17-10-7-6-9-16(17)3)14-18-21(23(30)32-5-2)22(27-24(31)26-18)19-11-8-13-33-19/h6-11,13,22H,4-5,12,14-15H2,1-3H3,(H,25,29)(H2,26,27,31). The van der Waals surface area contributed by atoms with Crippen LogP contribution in [0.3, 0.4) is 0 Å². The summed E-state index contributed by atoms with van der Waals surface area (Å²) in [5.74, 6) is -0.314. The quantitative estimate of drug-likeness (QED) is 0.476. The van der Waals surface area contributed by atoms with E-state index in [1.165, 1.54) is 6.26 Å². The first-order valence-electron chi connectivity index (χ1n) is 11.0. The van der Waals surface area contributed by atoms with Crippen molar-refractivity contribution in [1.82, 2.24) is 15.5 Å². The number of hydrogen-bond donors (Lipinski definition) is 3. The van der Waals surface area contributed by atoms with Gasteiger partial charge in [0.25, 0.3) is 0 Å². The van der Waals surface area contributed by atoms with E-state index in [1.54, 1.807) is 19.1 Å². The first kappa shape index (κ1) is 24.1. The fraction of sp³-hybridized carbons (Fsp3) is 0.375. The Hall–Kier alpha value is -3.59. The van der Waals surface area contributed by atoms with Crippen LogP contribution in [0.2, 0.25) is 0 Å². The molecule has 3 amide bonds. The topological polar surface area (TPSA) is 113 Å². The third kappa shape index (κ3) is 6.23. The smallest absolute Gasteiger partial charge is 0.338 e. The number of hydrogen-bond acceptors (Lipinski definition) is 6. The predicted molar refractivity (Wildman–Crippen MR) is 123 cm³/mol. The molecular weight excluding hydrogens is 424 g/mol. The van der Waals surface area contributed by atoms with E-state index < -0.39 is 18.0 Å². The fourth-order valence-corrected chi connectivity index (χ4v) is 3.72. The zero-order chi connectivity index (χ0) is 23.8. The van der Waals surface area contributed by atoms with E-state index in [0.29, 0.717) is 18.0 Å². The Kier molecular flexibility index (Phi) is 8.26. The molecule has 33 heavy (non-hydrogen) atoms. The molecule has 176 valence electrons. The number of amides is 3. The molecule has 1 unspecified atom stereocenters. The number of para-hydroxylation sites is 1. The van der Waals surface area contributed by atoms with Crippen molar-refractivity contribution in [1.29, 1.82) is 0 Å². The molecule has 0 saturated carbocycles. The first-order valence-corrected chi connectivity index (χ1v) is 11.0. The van der Waals surface area contributed by atoms with Crippen LogP contribution in [0, 0.1) is 6.92 Å². The molecule has 1 aromatic carbocycles. The number of anilines is 1. The van der Waals surface area contributed by atoms with E-state index in [2.05, 4.69) is 16.0 Å². The summed E-state index contributed by atoms with van der Waals surface area (Å²) in [6.07, 6.45) is 2.26. The third-order valence-corrected chi connectivity index (χ3v) is 5.18. The molecule has 9 nitrogen and oxygen atoms in total. The normalized spacial score (nSPS) is 15.8. The van der Waals surface area contributed by atoms with Gasteiger partial charge in [-0.05, 0) is 50.6 Å². The van der Waals surface area contributed by atoms with Crippen LogP contribution in [0.25, 0.3) is 0 Å². The van der Waals surface area contributed by atoms with Crippen molar-refractivity contribution in [3.8, 4) is 0 Å². The number of nitrogens with zero attached hydrogens (tertiary/aromatic N) is 1. The number of aryl methyl sites for hydroxylation is 1. The van der Waals surface area contributed by atoms with Gasteiger partial charge in [0.15, 0.2) is 0 Å². The number of rotatable bonds is 10. The van der Waals surface area contributed by atoms with E-state index in [0.717, 1.165) is 17.7 Å². The van der Waals surface area contributed by atoms with E-state index in [1.807, 2.05) is 43.0 Å². The second kappa shape index (κ2) is 11.3. The molecule has 0 spiro atoms. The summed E-state index contributed by atoms with van der Waals surface area (Å²) in [5.41, 5.74) is 2.35. The van der Waals surface area contributed by atoms with Gasteiger partial charge in [0, 0.05) is 17.9 Å². The monoisotopic (exact) mass is 454 g/mol. The summed E-state index contributed by atoms with van der Waals surface area (Å²) in [6, 6.07) is 9.68. The Morgan fingerprint density at radius 1 is 1.18 bits per heavy atom. The maximum absolute atomic E-state index is 12.9.